The minimum absolute atomic E-state index is 0.100. The highest BCUT2D eigenvalue weighted by Gasteiger charge is 2.42. The summed E-state index contributed by atoms with van der Waals surface area (Å²) in [5.74, 6) is -0.630. The number of H-pyrrole nitrogens is 1. The van der Waals surface area contributed by atoms with Crippen molar-refractivity contribution in [3.8, 4) is 0 Å². The molecule has 6 heteroatoms. The molecule has 1 amide bonds. The molecular formula is C17H18ClFN2O2. The normalized spacial score (nSPS) is 20.8. The van der Waals surface area contributed by atoms with Crippen LogP contribution in [0.3, 0.4) is 0 Å². The van der Waals surface area contributed by atoms with Crippen molar-refractivity contribution in [2.75, 3.05) is 13.2 Å². The molecule has 1 saturated heterocycles. The van der Waals surface area contributed by atoms with Crippen molar-refractivity contribution in [2.45, 2.75) is 25.6 Å². The molecule has 0 bridgehead atoms. The summed E-state index contributed by atoms with van der Waals surface area (Å²) in [5.41, 5.74) is 1.52. The third-order valence-electron chi connectivity index (χ3n) is 4.04. The zero-order valence-corrected chi connectivity index (χ0v) is 13.6. The zero-order valence-electron chi connectivity index (χ0n) is 12.8. The van der Waals surface area contributed by atoms with Crippen LogP contribution in [0.4, 0.5) is 4.39 Å². The van der Waals surface area contributed by atoms with Gasteiger partial charge in [-0.1, -0.05) is 18.2 Å². The predicted octanol–water partition coefficient (Wildman–Crippen LogP) is 3.60. The Bertz CT molecular complexity index is 778. The van der Waals surface area contributed by atoms with Gasteiger partial charge >= 0.3 is 0 Å². The third kappa shape index (κ3) is 3.12. The summed E-state index contributed by atoms with van der Waals surface area (Å²) >= 11 is 6.23. The number of carbonyl (C=O) groups is 1. The van der Waals surface area contributed by atoms with Gasteiger partial charge in [-0.25, -0.2) is 4.39 Å². The molecule has 2 N–H and O–H groups in total. The van der Waals surface area contributed by atoms with Gasteiger partial charge in [0.1, 0.15) is 0 Å². The summed E-state index contributed by atoms with van der Waals surface area (Å²) in [7, 11) is 0. The van der Waals surface area contributed by atoms with Crippen LogP contribution in [0.2, 0.25) is 5.02 Å². The van der Waals surface area contributed by atoms with Crippen LogP contribution in [-0.2, 0) is 16.1 Å². The van der Waals surface area contributed by atoms with Crippen LogP contribution >= 0.6 is 11.6 Å². The highest BCUT2D eigenvalue weighted by atomic mass is 35.5. The van der Waals surface area contributed by atoms with E-state index in [4.69, 9.17) is 16.3 Å². The molecule has 4 nitrogen and oxygen atoms in total. The Hall–Kier alpha value is -1.85. The molecule has 0 saturated carbocycles. The third-order valence-corrected chi connectivity index (χ3v) is 4.36. The SMILES string of the molecule is C=C(C)c1cc2[nH]c(CNC(=O)C3(F)CCOC3)cc2cc1Cl. The first-order chi connectivity index (χ1) is 10.9. The van der Waals surface area contributed by atoms with Gasteiger partial charge in [-0.15, -0.1) is 0 Å². The largest absolute Gasteiger partial charge is 0.377 e. The van der Waals surface area contributed by atoms with E-state index in [-0.39, 0.29) is 26.2 Å². The lowest BCUT2D eigenvalue weighted by Gasteiger charge is -2.16. The van der Waals surface area contributed by atoms with Gasteiger partial charge in [-0.2, -0.15) is 0 Å². The Morgan fingerprint density at radius 1 is 1.52 bits per heavy atom. The minimum atomic E-state index is -1.91. The standard InChI is InChI=1S/C17H18ClFN2O2/c1-10(2)13-7-15-11(6-14(13)18)5-12(21-15)8-20-16(22)17(19)3-4-23-9-17/h5-7,21H,1,3-4,8-9H2,2H3,(H,20,22). The van der Waals surface area contributed by atoms with E-state index in [9.17, 15) is 9.18 Å². The second-order valence-corrected chi connectivity index (χ2v) is 6.35. The molecule has 0 aliphatic carbocycles. The Kier molecular flexibility index (Phi) is 4.17. The fraction of sp³-hybridized carbons (Fsp3) is 0.353. The fourth-order valence-corrected chi connectivity index (χ4v) is 3.02. The smallest absolute Gasteiger partial charge is 0.260 e. The minimum Gasteiger partial charge on any atom is -0.377 e. The van der Waals surface area contributed by atoms with Crippen molar-refractivity contribution < 1.29 is 13.9 Å². The maximum Gasteiger partial charge on any atom is 0.260 e. The summed E-state index contributed by atoms with van der Waals surface area (Å²) in [6.07, 6.45) is 0.100. The van der Waals surface area contributed by atoms with Crippen LogP contribution in [-0.4, -0.2) is 29.8 Å². The quantitative estimate of drug-likeness (QED) is 0.896. The van der Waals surface area contributed by atoms with Crippen LogP contribution in [0.15, 0.2) is 24.8 Å². The van der Waals surface area contributed by atoms with E-state index in [0.717, 1.165) is 27.7 Å². The topological polar surface area (TPSA) is 54.1 Å². The first kappa shape index (κ1) is 16.0. The van der Waals surface area contributed by atoms with Gasteiger partial charge in [0.2, 0.25) is 5.67 Å². The average molecular weight is 337 g/mol. The van der Waals surface area contributed by atoms with Gasteiger partial charge in [0, 0.05) is 28.0 Å². The molecule has 23 heavy (non-hydrogen) atoms. The number of amides is 1. The number of fused-ring (bicyclic) bond motifs is 1. The number of nitrogens with one attached hydrogen (secondary N) is 2. The molecule has 1 atom stereocenters. The number of ether oxygens (including phenoxy) is 1. The lowest BCUT2D eigenvalue weighted by atomic mass is 10.1. The first-order valence-electron chi connectivity index (χ1n) is 7.41. The van der Waals surface area contributed by atoms with Gasteiger partial charge in [0.05, 0.1) is 19.8 Å². The predicted molar refractivity (Wildman–Crippen MR) is 89.1 cm³/mol. The van der Waals surface area contributed by atoms with E-state index >= 15 is 0 Å². The lowest BCUT2D eigenvalue weighted by molar-refractivity contribution is -0.133. The van der Waals surface area contributed by atoms with Gasteiger partial charge in [0.15, 0.2) is 0 Å². The highest BCUT2D eigenvalue weighted by molar-refractivity contribution is 6.33. The van der Waals surface area contributed by atoms with Crippen LogP contribution in [0.25, 0.3) is 16.5 Å². The van der Waals surface area contributed by atoms with Crippen LogP contribution < -0.4 is 5.32 Å². The van der Waals surface area contributed by atoms with Crippen molar-refractivity contribution in [3.63, 3.8) is 0 Å². The molecule has 1 fully saturated rings. The average Bonchev–Trinajstić information content (AvgIpc) is 3.10. The molecule has 1 aromatic carbocycles. The van der Waals surface area contributed by atoms with E-state index in [2.05, 4.69) is 16.9 Å². The number of carbonyl (C=O) groups excluding carboxylic acids is 1. The molecule has 1 aliphatic heterocycles. The monoisotopic (exact) mass is 336 g/mol. The lowest BCUT2D eigenvalue weighted by Crippen LogP contribution is -2.43. The van der Waals surface area contributed by atoms with Gasteiger partial charge in [0.25, 0.3) is 5.91 Å². The van der Waals surface area contributed by atoms with Gasteiger partial charge in [-0.3, -0.25) is 4.79 Å². The first-order valence-corrected chi connectivity index (χ1v) is 7.79. The van der Waals surface area contributed by atoms with Crippen LogP contribution in [0.1, 0.15) is 24.6 Å². The van der Waals surface area contributed by atoms with E-state index in [1.807, 2.05) is 25.1 Å². The van der Waals surface area contributed by atoms with Crippen molar-refractivity contribution >= 4 is 34.0 Å². The Morgan fingerprint density at radius 3 is 2.96 bits per heavy atom. The number of aromatic amines is 1. The molecule has 0 spiro atoms. The van der Waals surface area contributed by atoms with E-state index in [1.54, 1.807) is 0 Å². The summed E-state index contributed by atoms with van der Waals surface area (Å²) in [5, 5.41) is 4.18. The Balaban J connectivity index is 1.76. The summed E-state index contributed by atoms with van der Waals surface area (Å²) in [6.45, 7) is 6.11. The second-order valence-electron chi connectivity index (χ2n) is 5.94. The number of hydrogen-bond donors (Lipinski definition) is 2. The van der Waals surface area contributed by atoms with Crippen LogP contribution in [0.5, 0.6) is 0 Å². The Labute approximate surface area is 138 Å². The molecule has 122 valence electrons. The summed E-state index contributed by atoms with van der Waals surface area (Å²) in [4.78, 5) is 15.1. The number of hydrogen-bond acceptors (Lipinski definition) is 2. The number of benzene rings is 1. The van der Waals surface area contributed by atoms with E-state index in [0.29, 0.717) is 5.02 Å². The second kappa shape index (κ2) is 5.98. The molecule has 3 rings (SSSR count). The maximum atomic E-state index is 14.2. The Morgan fingerprint density at radius 2 is 2.30 bits per heavy atom. The number of aromatic nitrogens is 1. The molecule has 0 radical (unpaired) electrons. The molecule has 1 unspecified atom stereocenters. The molecule has 2 heterocycles. The number of alkyl halides is 1. The molecule has 1 aromatic heterocycles. The van der Waals surface area contributed by atoms with Crippen molar-refractivity contribution in [1.29, 1.82) is 0 Å². The van der Waals surface area contributed by atoms with Crippen molar-refractivity contribution in [1.82, 2.24) is 10.3 Å². The van der Waals surface area contributed by atoms with E-state index < -0.39 is 11.6 Å². The van der Waals surface area contributed by atoms with Crippen molar-refractivity contribution in [3.05, 3.63) is 41.1 Å². The molecule has 1 aliphatic rings. The summed E-state index contributed by atoms with van der Waals surface area (Å²) < 4.78 is 19.2. The number of allylic oxidation sites excluding steroid dienone is 1. The molecular weight excluding hydrogens is 319 g/mol. The van der Waals surface area contributed by atoms with E-state index in [1.165, 1.54) is 0 Å². The van der Waals surface area contributed by atoms with Crippen LogP contribution in [0, 0.1) is 0 Å². The summed E-state index contributed by atoms with van der Waals surface area (Å²) in [6, 6.07) is 5.66. The zero-order chi connectivity index (χ0) is 16.6. The number of halogens is 2. The van der Waals surface area contributed by atoms with Gasteiger partial charge < -0.3 is 15.0 Å². The molecule has 2 aromatic rings. The van der Waals surface area contributed by atoms with Gasteiger partial charge in [-0.05, 0) is 36.3 Å². The number of rotatable bonds is 4. The highest BCUT2D eigenvalue weighted by Crippen LogP contribution is 2.29. The van der Waals surface area contributed by atoms with Crippen molar-refractivity contribution in [2.24, 2.45) is 0 Å². The maximum absolute atomic E-state index is 14.2. The fourth-order valence-electron chi connectivity index (χ4n) is 2.69.